The zero-order valence-electron chi connectivity index (χ0n) is 13.6. The number of hydrogen-bond donors (Lipinski definition) is 2. The van der Waals surface area contributed by atoms with Gasteiger partial charge in [-0.25, -0.2) is 0 Å². The summed E-state index contributed by atoms with van der Waals surface area (Å²) in [5.41, 5.74) is 0. The van der Waals surface area contributed by atoms with E-state index in [-0.39, 0.29) is 29.8 Å². The van der Waals surface area contributed by atoms with Gasteiger partial charge in [-0.05, 0) is 37.1 Å². The Balaban J connectivity index is 1.38. The Morgan fingerprint density at radius 1 is 1.29 bits per heavy atom. The van der Waals surface area contributed by atoms with E-state index in [0.717, 1.165) is 19.3 Å². The molecule has 0 radical (unpaired) electrons. The Hall–Kier alpha value is -1.89. The van der Waals surface area contributed by atoms with Crippen LogP contribution in [0.4, 0.5) is 0 Å². The number of carbonyl (C=O) groups is 3. The second-order valence-electron chi connectivity index (χ2n) is 6.41. The van der Waals surface area contributed by atoms with Crippen LogP contribution in [0.2, 0.25) is 0 Å². The smallest absolute Gasteiger partial charge is 0.245 e. The maximum atomic E-state index is 12.3. The van der Waals surface area contributed by atoms with E-state index in [0.29, 0.717) is 32.4 Å². The molecule has 2 N–H and O–H groups in total. The van der Waals surface area contributed by atoms with Crippen molar-refractivity contribution in [1.29, 1.82) is 0 Å². The average Bonchev–Trinajstić information content (AvgIpc) is 3.24. The van der Waals surface area contributed by atoms with E-state index in [9.17, 15) is 14.4 Å². The Morgan fingerprint density at radius 2 is 2.08 bits per heavy atom. The first-order chi connectivity index (χ1) is 11.6. The van der Waals surface area contributed by atoms with Crippen molar-refractivity contribution in [3.05, 3.63) is 22.4 Å². The highest BCUT2D eigenvalue weighted by Gasteiger charge is 2.32. The Kier molecular flexibility index (Phi) is 5.50. The van der Waals surface area contributed by atoms with E-state index in [1.807, 2.05) is 22.4 Å². The summed E-state index contributed by atoms with van der Waals surface area (Å²) in [5, 5.41) is 7.82. The summed E-state index contributed by atoms with van der Waals surface area (Å²) in [6.45, 7) is 1.28. The van der Waals surface area contributed by atoms with E-state index in [1.54, 1.807) is 11.3 Å². The molecule has 0 aliphatic carbocycles. The maximum absolute atomic E-state index is 12.3. The minimum Gasteiger partial charge on any atom is -0.353 e. The number of thiophene rings is 1. The fourth-order valence-corrected chi connectivity index (χ4v) is 3.96. The first kappa shape index (κ1) is 17.0. The summed E-state index contributed by atoms with van der Waals surface area (Å²) in [6.07, 6.45) is 3.87. The molecule has 24 heavy (non-hydrogen) atoms. The number of aryl methyl sites for hydroxylation is 1. The summed E-state index contributed by atoms with van der Waals surface area (Å²) < 4.78 is 0. The highest BCUT2D eigenvalue weighted by atomic mass is 32.1. The predicted octanol–water partition coefficient (Wildman–Crippen LogP) is 1.07. The molecule has 7 heteroatoms. The van der Waals surface area contributed by atoms with Crippen molar-refractivity contribution in [3.63, 3.8) is 0 Å². The average molecular weight is 349 g/mol. The molecule has 1 aromatic heterocycles. The molecule has 3 amide bonds. The molecule has 0 bridgehead atoms. The van der Waals surface area contributed by atoms with Crippen LogP contribution in [-0.2, 0) is 20.8 Å². The predicted molar refractivity (Wildman–Crippen MR) is 91.5 cm³/mol. The third-order valence-corrected chi connectivity index (χ3v) is 5.58. The van der Waals surface area contributed by atoms with E-state index >= 15 is 0 Å². The number of piperidine rings is 1. The molecule has 0 aromatic carbocycles. The molecule has 2 fully saturated rings. The Bertz CT molecular complexity index is 594. The highest BCUT2D eigenvalue weighted by Crippen LogP contribution is 2.16. The van der Waals surface area contributed by atoms with Gasteiger partial charge in [-0.3, -0.25) is 14.4 Å². The Labute approximate surface area is 145 Å². The molecular formula is C17H23N3O3S. The SMILES string of the molecule is O=C(CCc1cccs1)NC1CCN(C(=O)C2CCC(=O)N2)CC1. The summed E-state index contributed by atoms with van der Waals surface area (Å²) >= 11 is 1.67. The normalized spacial score (nSPS) is 21.6. The molecule has 6 nitrogen and oxygen atoms in total. The number of nitrogens with zero attached hydrogens (tertiary/aromatic N) is 1. The van der Waals surface area contributed by atoms with Gasteiger partial charge in [0, 0.05) is 36.9 Å². The van der Waals surface area contributed by atoms with Crippen LogP contribution in [0, 0.1) is 0 Å². The second-order valence-corrected chi connectivity index (χ2v) is 7.44. The largest absolute Gasteiger partial charge is 0.353 e. The van der Waals surface area contributed by atoms with Crippen molar-refractivity contribution in [1.82, 2.24) is 15.5 Å². The Morgan fingerprint density at radius 3 is 2.71 bits per heavy atom. The number of hydrogen-bond acceptors (Lipinski definition) is 4. The summed E-state index contributed by atoms with van der Waals surface area (Å²) in [4.78, 5) is 38.6. The zero-order valence-corrected chi connectivity index (χ0v) is 14.4. The van der Waals surface area contributed by atoms with Crippen LogP contribution in [0.15, 0.2) is 17.5 Å². The number of rotatable bonds is 5. The van der Waals surface area contributed by atoms with Crippen molar-refractivity contribution in [2.45, 2.75) is 50.6 Å². The van der Waals surface area contributed by atoms with Gasteiger partial charge in [0.15, 0.2) is 0 Å². The standard InChI is InChI=1S/C17H23N3O3S/c21-15(5-3-13-2-1-11-24-13)18-12-7-9-20(10-8-12)17(23)14-4-6-16(22)19-14/h1-2,11-12,14H,3-10H2,(H,18,21)(H,19,22). The minimum absolute atomic E-state index is 0.0170. The van der Waals surface area contributed by atoms with Crippen molar-refractivity contribution < 1.29 is 14.4 Å². The fraction of sp³-hybridized carbons (Fsp3) is 0.588. The van der Waals surface area contributed by atoms with Gasteiger partial charge in [-0.15, -0.1) is 11.3 Å². The molecule has 2 aliphatic rings. The van der Waals surface area contributed by atoms with Crippen LogP contribution < -0.4 is 10.6 Å². The number of nitrogens with one attached hydrogen (secondary N) is 2. The number of likely N-dealkylation sites (tertiary alicyclic amines) is 1. The lowest BCUT2D eigenvalue weighted by Crippen LogP contribution is -2.51. The van der Waals surface area contributed by atoms with Gasteiger partial charge in [-0.1, -0.05) is 6.07 Å². The van der Waals surface area contributed by atoms with Gasteiger partial charge >= 0.3 is 0 Å². The maximum Gasteiger partial charge on any atom is 0.245 e. The monoisotopic (exact) mass is 349 g/mol. The lowest BCUT2D eigenvalue weighted by Gasteiger charge is -2.33. The summed E-state index contributed by atoms with van der Waals surface area (Å²) in [7, 11) is 0. The van der Waals surface area contributed by atoms with Gasteiger partial charge in [0.25, 0.3) is 0 Å². The van der Waals surface area contributed by atoms with E-state index in [2.05, 4.69) is 10.6 Å². The third kappa shape index (κ3) is 4.35. The molecule has 0 saturated carbocycles. The van der Waals surface area contributed by atoms with E-state index in [4.69, 9.17) is 0 Å². The van der Waals surface area contributed by atoms with Crippen LogP contribution in [0.5, 0.6) is 0 Å². The van der Waals surface area contributed by atoms with Gasteiger partial charge in [0.05, 0.1) is 0 Å². The van der Waals surface area contributed by atoms with Crippen molar-refractivity contribution in [2.75, 3.05) is 13.1 Å². The van der Waals surface area contributed by atoms with Crippen LogP contribution in [0.3, 0.4) is 0 Å². The van der Waals surface area contributed by atoms with Gasteiger partial charge in [0.2, 0.25) is 17.7 Å². The first-order valence-electron chi connectivity index (χ1n) is 8.52. The van der Waals surface area contributed by atoms with Crippen LogP contribution in [-0.4, -0.2) is 47.8 Å². The quantitative estimate of drug-likeness (QED) is 0.834. The van der Waals surface area contributed by atoms with Crippen molar-refractivity contribution in [2.24, 2.45) is 0 Å². The highest BCUT2D eigenvalue weighted by molar-refractivity contribution is 7.09. The molecule has 3 heterocycles. The summed E-state index contributed by atoms with van der Waals surface area (Å²) in [5.74, 6) is 0.0563. The zero-order chi connectivity index (χ0) is 16.9. The molecule has 0 spiro atoms. The summed E-state index contributed by atoms with van der Waals surface area (Å²) in [6, 6.07) is 3.83. The van der Waals surface area contributed by atoms with Gasteiger partial charge in [0.1, 0.15) is 6.04 Å². The molecule has 130 valence electrons. The van der Waals surface area contributed by atoms with Crippen molar-refractivity contribution in [3.8, 4) is 0 Å². The van der Waals surface area contributed by atoms with Crippen LogP contribution in [0.1, 0.15) is 37.0 Å². The van der Waals surface area contributed by atoms with Crippen LogP contribution >= 0.6 is 11.3 Å². The van der Waals surface area contributed by atoms with Crippen molar-refractivity contribution >= 4 is 29.1 Å². The third-order valence-electron chi connectivity index (χ3n) is 4.64. The minimum atomic E-state index is -0.352. The first-order valence-corrected chi connectivity index (χ1v) is 9.39. The topological polar surface area (TPSA) is 78.5 Å². The lowest BCUT2D eigenvalue weighted by molar-refractivity contribution is -0.135. The molecule has 2 saturated heterocycles. The van der Waals surface area contributed by atoms with E-state index in [1.165, 1.54) is 4.88 Å². The molecule has 3 rings (SSSR count). The van der Waals surface area contributed by atoms with E-state index < -0.39 is 0 Å². The molecule has 1 atom stereocenters. The second kappa shape index (κ2) is 7.79. The van der Waals surface area contributed by atoms with Crippen LogP contribution in [0.25, 0.3) is 0 Å². The molecule has 2 aliphatic heterocycles. The fourth-order valence-electron chi connectivity index (χ4n) is 3.26. The van der Waals surface area contributed by atoms with Gasteiger partial charge in [-0.2, -0.15) is 0 Å². The number of amides is 3. The lowest BCUT2D eigenvalue weighted by atomic mass is 10.0. The molecule has 1 aromatic rings. The molecule has 1 unspecified atom stereocenters. The van der Waals surface area contributed by atoms with Gasteiger partial charge < -0.3 is 15.5 Å². The molecular weight excluding hydrogens is 326 g/mol. The number of carbonyl (C=O) groups excluding carboxylic acids is 3.